The minimum absolute atomic E-state index is 0.400. The molecule has 0 aromatic carbocycles. The van der Waals surface area contributed by atoms with Gasteiger partial charge in [0.1, 0.15) is 18.0 Å². The number of nitrogens with zero attached hydrogens (tertiary/aromatic N) is 3. The SMILES string of the molecule is NC(=O)c1cccnc1NCCCc1ncn[nH]1. The highest BCUT2D eigenvalue weighted by Gasteiger charge is 2.07. The van der Waals surface area contributed by atoms with Crippen LogP contribution in [-0.2, 0) is 6.42 Å². The van der Waals surface area contributed by atoms with Gasteiger partial charge in [0.2, 0.25) is 0 Å². The second kappa shape index (κ2) is 5.76. The number of nitrogens with two attached hydrogens (primary N) is 1. The van der Waals surface area contributed by atoms with Gasteiger partial charge in [-0.25, -0.2) is 9.97 Å². The van der Waals surface area contributed by atoms with Crippen molar-refractivity contribution in [1.29, 1.82) is 0 Å². The molecule has 0 aliphatic rings. The van der Waals surface area contributed by atoms with Crippen molar-refractivity contribution in [2.75, 3.05) is 11.9 Å². The minimum atomic E-state index is -0.485. The van der Waals surface area contributed by atoms with Gasteiger partial charge in [0, 0.05) is 19.2 Å². The molecule has 7 nitrogen and oxygen atoms in total. The van der Waals surface area contributed by atoms with Crippen LogP contribution < -0.4 is 11.1 Å². The molecule has 0 saturated heterocycles. The topological polar surface area (TPSA) is 110 Å². The summed E-state index contributed by atoms with van der Waals surface area (Å²) in [4.78, 5) is 19.3. The van der Waals surface area contributed by atoms with Crippen LogP contribution in [-0.4, -0.2) is 32.6 Å². The number of hydrogen-bond acceptors (Lipinski definition) is 5. The highest BCUT2D eigenvalue weighted by atomic mass is 16.1. The van der Waals surface area contributed by atoms with Crippen LogP contribution >= 0.6 is 0 Å². The lowest BCUT2D eigenvalue weighted by atomic mass is 10.2. The van der Waals surface area contributed by atoms with Gasteiger partial charge in [-0.1, -0.05) is 0 Å². The van der Waals surface area contributed by atoms with Crippen LogP contribution in [0.5, 0.6) is 0 Å². The number of primary amides is 1. The van der Waals surface area contributed by atoms with Gasteiger partial charge in [0.05, 0.1) is 5.56 Å². The lowest BCUT2D eigenvalue weighted by molar-refractivity contribution is 0.100. The maximum atomic E-state index is 11.2. The highest BCUT2D eigenvalue weighted by Crippen LogP contribution is 2.10. The van der Waals surface area contributed by atoms with Crippen molar-refractivity contribution in [2.45, 2.75) is 12.8 Å². The molecule has 0 aliphatic carbocycles. The fourth-order valence-corrected chi connectivity index (χ4v) is 1.56. The highest BCUT2D eigenvalue weighted by molar-refractivity contribution is 5.97. The summed E-state index contributed by atoms with van der Waals surface area (Å²) in [5, 5.41) is 9.64. The molecule has 0 unspecified atom stereocenters. The summed E-state index contributed by atoms with van der Waals surface area (Å²) in [6.07, 6.45) is 4.73. The molecule has 0 bridgehead atoms. The minimum Gasteiger partial charge on any atom is -0.369 e. The average molecular weight is 246 g/mol. The number of anilines is 1. The zero-order valence-corrected chi connectivity index (χ0v) is 9.76. The first-order valence-electron chi connectivity index (χ1n) is 5.60. The summed E-state index contributed by atoms with van der Waals surface area (Å²) >= 11 is 0. The molecule has 0 spiro atoms. The van der Waals surface area contributed by atoms with Crippen molar-refractivity contribution in [1.82, 2.24) is 20.2 Å². The standard InChI is InChI=1S/C11H14N6O/c12-10(18)8-3-1-5-13-11(8)14-6-2-4-9-15-7-16-17-9/h1,3,5,7H,2,4,6H2,(H2,12,18)(H,13,14)(H,15,16,17). The van der Waals surface area contributed by atoms with Crippen LogP contribution in [0.2, 0.25) is 0 Å². The third-order valence-corrected chi connectivity index (χ3v) is 2.42. The number of aromatic nitrogens is 4. The Balaban J connectivity index is 1.85. The molecule has 1 amide bonds. The van der Waals surface area contributed by atoms with Gasteiger partial charge in [-0.2, -0.15) is 5.10 Å². The van der Waals surface area contributed by atoms with E-state index in [-0.39, 0.29) is 0 Å². The maximum absolute atomic E-state index is 11.2. The molecule has 7 heteroatoms. The molecule has 0 radical (unpaired) electrons. The summed E-state index contributed by atoms with van der Waals surface area (Å²) in [6.45, 7) is 0.679. The number of carbonyl (C=O) groups is 1. The Labute approximate surface area is 104 Å². The average Bonchev–Trinajstić information content (AvgIpc) is 2.88. The fraction of sp³-hybridized carbons (Fsp3) is 0.273. The Hall–Kier alpha value is -2.44. The van der Waals surface area contributed by atoms with E-state index in [1.165, 1.54) is 6.33 Å². The van der Waals surface area contributed by atoms with E-state index in [1.54, 1.807) is 18.3 Å². The van der Waals surface area contributed by atoms with Crippen LogP contribution in [0.1, 0.15) is 22.6 Å². The van der Waals surface area contributed by atoms with Crippen LogP contribution in [0.4, 0.5) is 5.82 Å². The first-order chi connectivity index (χ1) is 8.77. The maximum Gasteiger partial charge on any atom is 0.252 e. The second-order valence-corrected chi connectivity index (χ2v) is 3.73. The molecule has 0 saturated carbocycles. The number of H-pyrrole nitrogens is 1. The summed E-state index contributed by atoms with van der Waals surface area (Å²) < 4.78 is 0. The molecular formula is C11H14N6O. The summed E-state index contributed by atoms with van der Waals surface area (Å²) in [5.41, 5.74) is 5.65. The van der Waals surface area contributed by atoms with E-state index in [0.717, 1.165) is 18.7 Å². The number of aryl methyl sites for hydroxylation is 1. The number of rotatable bonds is 6. The van der Waals surface area contributed by atoms with E-state index in [2.05, 4.69) is 25.5 Å². The molecule has 2 aromatic heterocycles. The third-order valence-electron chi connectivity index (χ3n) is 2.42. The molecule has 0 fully saturated rings. The van der Waals surface area contributed by atoms with E-state index in [0.29, 0.717) is 17.9 Å². The molecule has 4 N–H and O–H groups in total. The Bertz CT molecular complexity index is 510. The van der Waals surface area contributed by atoms with E-state index >= 15 is 0 Å². The van der Waals surface area contributed by atoms with Gasteiger partial charge in [0.15, 0.2) is 0 Å². The van der Waals surface area contributed by atoms with Crippen molar-refractivity contribution < 1.29 is 4.79 Å². The van der Waals surface area contributed by atoms with Gasteiger partial charge in [-0.3, -0.25) is 9.89 Å². The van der Waals surface area contributed by atoms with Crippen molar-refractivity contribution in [3.05, 3.63) is 36.0 Å². The van der Waals surface area contributed by atoms with Gasteiger partial charge >= 0.3 is 0 Å². The lowest BCUT2D eigenvalue weighted by Gasteiger charge is -2.07. The largest absolute Gasteiger partial charge is 0.369 e. The van der Waals surface area contributed by atoms with Crippen LogP contribution in [0.15, 0.2) is 24.7 Å². The van der Waals surface area contributed by atoms with Crippen molar-refractivity contribution in [3.8, 4) is 0 Å². The number of pyridine rings is 1. The predicted molar refractivity (Wildman–Crippen MR) is 65.9 cm³/mol. The smallest absolute Gasteiger partial charge is 0.252 e. The van der Waals surface area contributed by atoms with E-state index in [9.17, 15) is 4.79 Å². The summed E-state index contributed by atoms with van der Waals surface area (Å²) in [5.74, 6) is 0.872. The normalized spacial score (nSPS) is 10.2. The van der Waals surface area contributed by atoms with Gasteiger partial charge < -0.3 is 11.1 Å². The number of aromatic amines is 1. The first kappa shape index (κ1) is 12.0. The second-order valence-electron chi connectivity index (χ2n) is 3.73. The zero-order chi connectivity index (χ0) is 12.8. The summed E-state index contributed by atoms with van der Waals surface area (Å²) in [6, 6.07) is 3.33. The van der Waals surface area contributed by atoms with Gasteiger partial charge in [-0.15, -0.1) is 0 Å². The quantitative estimate of drug-likeness (QED) is 0.637. The molecule has 0 atom stereocenters. The zero-order valence-electron chi connectivity index (χ0n) is 9.76. The van der Waals surface area contributed by atoms with Crippen molar-refractivity contribution in [3.63, 3.8) is 0 Å². The Kier molecular flexibility index (Phi) is 3.85. The van der Waals surface area contributed by atoms with Crippen molar-refractivity contribution in [2.24, 2.45) is 5.73 Å². The monoisotopic (exact) mass is 246 g/mol. The van der Waals surface area contributed by atoms with Crippen LogP contribution in [0.25, 0.3) is 0 Å². The molecule has 18 heavy (non-hydrogen) atoms. The Morgan fingerprint density at radius 1 is 1.44 bits per heavy atom. The molecule has 2 aromatic rings. The van der Waals surface area contributed by atoms with Crippen molar-refractivity contribution >= 4 is 11.7 Å². The Morgan fingerprint density at radius 2 is 2.33 bits per heavy atom. The van der Waals surface area contributed by atoms with Gasteiger partial charge in [0.25, 0.3) is 5.91 Å². The number of carbonyl (C=O) groups excluding carboxylic acids is 1. The van der Waals surface area contributed by atoms with Gasteiger partial charge in [-0.05, 0) is 18.6 Å². The number of nitrogens with one attached hydrogen (secondary N) is 2. The van der Waals surface area contributed by atoms with E-state index in [4.69, 9.17) is 5.73 Å². The first-order valence-corrected chi connectivity index (χ1v) is 5.60. The van der Waals surface area contributed by atoms with E-state index in [1.807, 2.05) is 0 Å². The molecular weight excluding hydrogens is 232 g/mol. The van der Waals surface area contributed by atoms with Crippen LogP contribution in [0, 0.1) is 0 Å². The Morgan fingerprint density at radius 3 is 3.06 bits per heavy atom. The van der Waals surface area contributed by atoms with Crippen LogP contribution in [0.3, 0.4) is 0 Å². The molecule has 2 heterocycles. The number of amides is 1. The number of hydrogen-bond donors (Lipinski definition) is 3. The van der Waals surface area contributed by atoms with E-state index < -0.39 is 5.91 Å². The predicted octanol–water partition coefficient (Wildman–Crippen LogP) is 0.343. The lowest BCUT2D eigenvalue weighted by Crippen LogP contribution is -2.16. The molecule has 2 rings (SSSR count). The molecule has 0 aliphatic heterocycles. The molecule has 94 valence electrons. The third kappa shape index (κ3) is 3.03. The summed E-state index contributed by atoms with van der Waals surface area (Å²) in [7, 11) is 0. The fourth-order valence-electron chi connectivity index (χ4n) is 1.56.